The van der Waals surface area contributed by atoms with Crippen LogP contribution in [0.2, 0.25) is 5.31 Å². The molecule has 0 radical (unpaired) electrons. The maximum absolute atomic E-state index is 13.0. The van der Waals surface area contributed by atoms with Gasteiger partial charge in [-0.15, -0.1) is 0 Å². The van der Waals surface area contributed by atoms with E-state index >= 15 is 0 Å². The summed E-state index contributed by atoms with van der Waals surface area (Å²) in [5.41, 5.74) is 0.0805. The van der Waals surface area contributed by atoms with Gasteiger partial charge in [0.05, 0.1) is 5.37 Å². The minimum Gasteiger partial charge on any atom is -0.344 e. The Hall–Kier alpha value is 0.235. The molecule has 0 spiro atoms. The Morgan fingerprint density at radius 1 is 1.03 bits per heavy atom. The lowest BCUT2D eigenvalue weighted by Gasteiger charge is -2.41. The summed E-state index contributed by atoms with van der Waals surface area (Å²) >= 11 is 6.66. The van der Waals surface area contributed by atoms with Gasteiger partial charge in [-0.25, -0.2) is 0 Å². The average Bonchev–Trinajstić information content (AvgIpc) is 2.56. The Bertz CT molecular complexity index is 517. The number of amides is 1. The summed E-state index contributed by atoms with van der Waals surface area (Å²) in [6.07, 6.45) is 6.48. The van der Waals surface area contributed by atoms with Crippen molar-refractivity contribution in [2.24, 2.45) is 22.2 Å². The lowest BCUT2D eigenvalue weighted by Crippen LogP contribution is -2.48. The molecule has 0 aromatic rings. The molecule has 0 aromatic heterocycles. The number of rotatable bonds is 13. The molecule has 0 aliphatic heterocycles. The largest absolute Gasteiger partial charge is 0.344 e. The Morgan fingerprint density at radius 2 is 1.55 bits per heavy atom. The second-order valence-corrected chi connectivity index (χ2v) is 13.7. The van der Waals surface area contributed by atoms with Crippen LogP contribution < -0.4 is 5.32 Å². The van der Waals surface area contributed by atoms with Crippen molar-refractivity contribution in [3.05, 3.63) is 0 Å². The van der Waals surface area contributed by atoms with Crippen molar-refractivity contribution >= 4 is 37.6 Å². The molecule has 5 heteroatoms. The lowest BCUT2D eigenvalue weighted by molar-refractivity contribution is -0.131. The maximum Gasteiger partial charge on any atom is 0.226 e. The van der Waals surface area contributed by atoms with E-state index in [-0.39, 0.29) is 22.0 Å². The molecule has 0 saturated heterocycles. The van der Waals surface area contributed by atoms with E-state index in [0.717, 1.165) is 20.1 Å². The maximum atomic E-state index is 13.0. The highest BCUT2D eigenvalue weighted by Crippen LogP contribution is 2.45. The third-order valence-corrected chi connectivity index (χ3v) is 8.80. The zero-order valence-corrected chi connectivity index (χ0v) is 23.2. The number of thioether (sulfide) groups is 1. The van der Waals surface area contributed by atoms with Gasteiger partial charge < -0.3 is 5.32 Å². The van der Waals surface area contributed by atoms with Crippen LogP contribution in [-0.4, -0.2) is 30.0 Å². The van der Waals surface area contributed by atoms with Crippen molar-refractivity contribution in [2.75, 3.05) is 6.26 Å². The summed E-state index contributed by atoms with van der Waals surface area (Å²) in [5.74, 6) is 0.819. The Balaban J connectivity index is 5.12. The van der Waals surface area contributed by atoms with Crippen LogP contribution in [0.4, 0.5) is 0 Å². The molecule has 1 N–H and O–H groups in total. The van der Waals surface area contributed by atoms with Crippen LogP contribution in [0, 0.1) is 22.2 Å². The molecule has 0 bridgehead atoms. The number of carbonyl (C=O) groups is 1. The first kappa shape index (κ1) is 29.2. The van der Waals surface area contributed by atoms with E-state index < -0.39 is 5.41 Å². The van der Waals surface area contributed by atoms with Gasteiger partial charge in [-0.2, -0.15) is 24.4 Å². The summed E-state index contributed by atoms with van der Waals surface area (Å²) in [4.78, 5) is 13.0. The molecule has 0 aliphatic carbocycles. The van der Waals surface area contributed by atoms with Gasteiger partial charge in [0.1, 0.15) is 7.28 Å². The zero-order chi connectivity index (χ0) is 23.3. The molecule has 0 aromatic carbocycles. The van der Waals surface area contributed by atoms with Crippen LogP contribution in [0.3, 0.4) is 0 Å². The van der Waals surface area contributed by atoms with Crippen LogP contribution in [-0.2, 0) is 4.79 Å². The quantitative estimate of drug-likeness (QED) is 0.182. The zero-order valence-electron chi connectivity index (χ0n) is 21.5. The average molecular weight is 444 g/mol. The second-order valence-electron chi connectivity index (χ2n) is 12.1. The van der Waals surface area contributed by atoms with Crippen molar-refractivity contribution in [3.63, 3.8) is 0 Å². The van der Waals surface area contributed by atoms with E-state index in [2.05, 4.69) is 87.7 Å². The Kier molecular flexibility index (Phi) is 11.3. The van der Waals surface area contributed by atoms with Crippen LogP contribution in [0.1, 0.15) is 102 Å². The lowest BCUT2D eigenvalue weighted by atomic mass is 9.47. The second kappa shape index (κ2) is 11.2. The molecule has 29 heavy (non-hydrogen) atoms. The minimum atomic E-state index is -0.391. The highest BCUT2D eigenvalue weighted by Gasteiger charge is 2.38. The molecule has 3 unspecified atom stereocenters. The standard InChI is InChI=1S/C24H50BNOS2/c1-13-17(3)22(6,7)16-24(10,11)25-18(29-12)19(28)26-20(27)23(8,9)15-21(4,5)14-2/h17-19,25,28H,13-16H2,1-12H3,(H,26,27). The van der Waals surface area contributed by atoms with Gasteiger partial charge in [0.15, 0.2) is 0 Å². The van der Waals surface area contributed by atoms with Gasteiger partial charge >= 0.3 is 0 Å². The topological polar surface area (TPSA) is 29.1 Å². The molecule has 1 amide bonds. The number of hydrogen-bond acceptors (Lipinski definition) is 3. The third kappa shape index (κ3) is 9.93. The molecule has 0 fully saturated rings. The third-order valence-electron chi connectivity index (χ3n) is 7.06. The van der Waals surface area contributed by atoms with E-state index in [0.29, 0.717) is 16.5 Å². The van der Waals surface area contributed by atoms with Crippen molar-refractivity contribution in [1.82, 2.24) is 5.32 Å². The van der Waals surface area contributed by atoms with Gasteiger partial charge in [0.25, 0.3) is 0 Å². The molecule has 2 nitrogen and oxygen atoms in total. The van der Waals surface area contributed by atoms with Crippen LogP contribution in [0.5, 0.6) is 0 Å². The predicted molar refractivity (Wildman–Crippen MR) is 140 cm³/mol. The molecular formula is C24H50BNOS2. The van der Waals surface area contributed by atoms with Crippen LogP contribution in [0.15, 0.2) is 0 Å². The van der Waals surface area contributed by atoms with Crippen molar-refractivity contribution < 1.29 is 4.79 Å². The van der Waals surface area contributed by atoms with E-state index in [1.54, 1.807) is 0 Å². The summed E-state index contributed by atoms with van der Waals surface area (Å²) < 4.78 is 0. The van der Waals surface area contributed by atoms with E-state index in [1.807, 2.05) is 11.8 Å². The first-order valence-electron chi connectivity index (χ1n) is 11.4. The predicted octanol–water partition coefficient (Wildman–Crippen LogP) is 7.00. The number of nitrogens with one attached hydrogen (secondary N) is 1. The fourth-order valence-electron chi connectivity index (χ4n) is 4.73. The number of hydrogen-bond donors (Lipinski definition) is 2. The molecule has 3 atom stereocenters. The Labute approximate surface area is 193 Å². The molecular weight excluding hydrogens is 393 g/mol. The van der Waals surface area contributed by atoms with E-state index in [9.17, 15) is 4.79 Å². The smallest absolute Gasteiger partial charge is 0.226 e. The van der Waals surface area contributed by atoms with Crippen molar-refractivity contribution in [3.8, 4) is 0 Å². The van der Waals surface area contributed by atoms with Crippen LogP contribution in [0.25, 0.3) is 0 Å². The molecule has 0 aliphatic rings. The summed E-state index contributed by atoms with van der Waals surface area (Å²) in [5, 5.41) is 3.60. The summed E-state index contributed by atoms with van der Waals surface area (Å²) in [6.45, 7) is 25.0. The SMILES string of the molecule is CCC(C)C(C)(C)CC(C)(C)BC(SC)C(S)NC(=O)C(C)(C)CC(C)(C)CC. The number of carbonyl (C=O) groups excluding carboxylic acids is 1. The first-order valence-corrected chi connectivity index (χ1v) is 13.3. The van der Waals surface area contributed by atoms with Gasteiger partial charge in [-0.1, -0.05) is 94.3 Å². The summed E-state index contributed by atoms with van der Waals surface area (Å²) in [6, 6.07) is 0. The van der Waals surface area contributed by atoms with Gasteiger partial charge in [-0.05, 0) is 35.8 Å². The van der Waals surface area contributed by atoms with Gasteiger partial charge in [-0.3, -0.25) is 4.79 Å². The Morgan fingerprint density at radius 3 is 1.97 bits per heavy atom. The highest BCUT2D eigenvalue weighted by molar-refractivity contribution is 8.01. The monoisotopic (exact) mass is 443 g/mol. The molecule has 0 saturated carbocycles. The van der Waals surface area contributed by atoms with Crippen molar-refractivity contribution in [2.45, 2.75) is 118 Å². The first-order chi connectivity index (χ1) is 12.9. The van der Waals surface area contributed by atoms with E-state index in [1.165, 1.54) is 12.8 Å². The van der Waals surface area contributed by atoms with E-state index in [4.69, 9.17) is 12.6 Å². The molecule has 0 rings (SSSR count). The fourth-order valence-corrected chi connectivity index (χ4v) is 6.26. The van der Waals surface area contributed by atoms with Crippen molar-refractivity contribution in [1.29, 1.82) is 0 Å². The normalized spacial score (nSPS) is 16.9. The highest BCUT2D eigenvalue weighted by atomic mass is 32.2. The minimum absolute atomic E-state index is 0.121. The van der Waals surface area contributed by atoms with Gasteiger partial charge in [0, 0.05) is 10.6 Å². The number of thiol groups is 1. The van der Waals surface area contributed by atoms with Crippen LogP contribution >= 0.6 is 24.4 Å². The molecule has 172 valence electrons. The van der Waals surface area contributed by atoms with Gasteiger partial charge in [0.2, 0.25) is 5.91 Å². The molecule has 0 heterocycles. The summed E-state index contributed by atoms with van der Waals surface area (Å²) in [7, 11) is 1.04. The fraction of sp³-hybridized carbons (Fsp3) is 0.958.